The highest BCUT2D eigenvalue weighted by atomic mass is 16.3. The number of pyridine rings is 1. The molecule has 3 heterocycles. The van der Waals surface area contributed by atoms with Gasteiger partial charge in [0.2, 0.25) is 5.71 Å². The van der Waals surface area contributed by atoms with E-state index in [2.05, 4.69) is 124 Å². The summed E-state index contributed by atoms with van der Waals surface area (Å²) in [5, 5.41) is 2.08. The highest BCUT2D eigenvalue weighted by Crippen LogP contribution is 2.43. The first-order valence-electron chi connectivity index (χ1n) is 14.8. The van der Waals surface area contributed by atoms with Crippen molar-refractivity contribution >= 4 is 33.1 Å². The van der Waals surface area contributed by atoms with Crippen LogP contribution in [-0.4, -0.2) is 14.5 Å². The van der Waals surface area contributed by atoms with Crippen molar-refractivity contribution < 1.29 is 4.42 Å². The zero-order valence-electron chi connectivity index (χ0n) is 25.1. The molecule has 0 radical (unpaired) electrons. The van der Waals surface area contributed by atoms with Crippen LogP contribution in [0.2, 0.25) is 0 Å². The van der Waals surface area contributed by atoms with Crippen LogP contribution in [0.25, 0.3) is 61.3 Å². The molecule has 0 aliphatic rings. The third-order valence-corrected chi connectivity index (χ3v) is 8.38. The molecule has 4 heteroatoms. The van der Waals surface area contributed by atoms with Crippen molar-refractivity contribution in [2.24, 2.45) is 0 Å². The molecule has 42 heavy (non-hydrogen) atoms. The van der Waals surface area contributed by atoms with Gasteiger partial charge in [-0.05, 0) is 89.9 Å². The lowest BCUT2D eigenvalue weighted by atomic mass is 9.88. The summed E-state index contributed by atoms with van der Waals surface area (Å²) in [7, 11) is 0. The first-order valence-corrected chi connectivity index (χ1v) is 14.8. The summed E-state index contributed by atoms with van der Waals surface area (Å²) >= 11 is 0. The van der Waals surface area contributed by atoms with E-state index in [4.69, 9.17) is 14.4 Å². The number of para-hydroxylation sites is 2. The number of furan rings is 1. The molecule has 3 aromatic heterocycles. The molecule has 0 N–H and O–H groups in total. The Kier molecular flexibility index (Phi) is 6.23. The summed E-state index contributed by atoms with van der Waals surface area (Å²) in [6, 6.07) is 32.4. The maximum Gasteiger partial charge on any atom is 0.227 e. The Morgan fingerprint density at radius 1 is 0.667 bits per heavy atom. The largest absolute Gasteiger partial charge is 0.437 e. The van der Waals surface area contributed by atoms with Crippen molar-refractivity contribution in [2.45, 2.75) is 53.4 Å². The van der Waals surface area contributed by atoms with Crippen molar-refractivity contribution in [1.29, 1.82) is 0 Å². The molecule has 0 saturated heterocycles. The molecule has 4 aromatic carbocycles. The number of fused-ring (bicyclic) bond motifs is 4. The number of rotatable bonds is 5. The number of aryl methyl sites for hydroxylation is 2. The molecule has 0 spiro atoms. The average Bonchev–Trinajstić information content (AvgIpc) is 3.54. The van der Waals surface area contributed by atoms with Gasteiger partial charge in [0.1, 0.15) is 11.4 Å². The average molecular weight is 550 g/mol. The van der Waals surface area contributed by atoms with Crippen molar-refractivity contribution in [1.82, 2.24) is 14.5 Å². The van der Waals surface area contributed by atoms with Crippen LogP contribution in [0.5, 0.6) is 0 Å². The Morgan fingerprint density at radius 2 is 1.33 bits per heavy atom. The minimum absolute atomic E-state index is 0.297. The van der Waals surface area contributed by atoms with Crippen LogP contribution < -0.4 is 0 Å². The van der Waals surface area contributed by atoms with Gasteiger partial charge in [-0.25, -0.2) is 9.97 Å². The third-order valence-electron chi connectivity index (χ3n) is 8.38. The first-order chi connectivity index (χ1) is 20.3. The second-order valence-electron chi connectivity index (χ2n) is 12.0. The van der Waals surface area contributed by atoms with E-state index < -0.39 is 0 Å². The highest BCUT2D eigenvalue weighted by Gasteiger charge is 2.26. The second kappa shape index (κ2) is 9.99. The predicted octanol–water partition coefficient (Wildman–Crippen LogP) is 10.5. The topological polar surface area (TPSA) is 43.9 Å². The predicted molar refractivity (Wildman–Crippen MR) is 175 cm³/mol. The molecule has 0 aliphatic carbocycles. The first kappa shape index (κ1) is 26.2. The third kappa shape index (κ3) is 4.13. The summed E-state index contributed by atoms with van der Waals surface area (Å²) in [6.07, 6.45) is 0. The Hall–Kier alpha value is -4.70. The summed E-state index contributed by atoms with van der Waals surface area (Å²) < 4.78 is 8.95. The maximum absolute atomic E-state index is 6.55. The number of hydrogen-bond donors (Lipinski definition) is 0. The SMILES string of the molecule is Cc1ccc2c(n1)oc1c(-c3nc4ccccc4n3-c3c(C(C)C)cc(-c4ccccc4)cc3C(C)C)c(C)ccc12. The number of aromatic nitrogens is 3. The monoisotopic (exact) mass is 549 g/mol. The standard InChI is InChI=1S/C38H35N3O/c1-22(2)30-20-27(26-12-8-7-9-13-26)21-31(23(3)4)35(30)41-33-15-11-10-14-32(33)40-37(41)34-24(5)16-18-28-29-19-17-25(6)39-38(29)42-36(28)34/h7-23H,1-6H3. The Morgan fingerprint density at radius 3 is 2.05 bits per heavy atom. The van der Waals surface area contributed by atoms with Crippen molar-refractivity contribution in [2.75, 3.05) is 0 Å². The molecular weight excluding hydrogens is 514 g/mol. The molecule has 0 aliphatic heterocycles. The molecule has 7 rings (SSSR count). The molecule has 0 unspecified atom stereocenters. The number of benzene rings is 4. The van der Waals surface area contributed by atoms with E-state index >= 15 is 0 Å². The Balaban J connectivity index is 1.61. The fourth-order valence-electron chi connectivity index (χ4n) is 6.23. The lowest BCUT2D eigenvalue weighted by Gasteiger charge is -2.24. The van der Waals surface area contributed by atoms with E-state index in [-0.39, 0.29) is 0 Å². The minimum Gasteiger partial charge on any atom is -0.437 e. The summed E-state index contributed by atoms with van der Waals surface area (Å²) in [5.74, 6) is 1.49. The van der Waals surface area contributed by atoms with E-state index in [1.165, 1.54) is 27.9 Å². The molecule has 0 atom stereocenters. The fourth-order valence-corrected chi connectivity index (χ4v) is 6.23. The molecular formula is C38H35N3O. The van der Waals surface area contributed by atoms with Gasteiger partial charge in [-0.15, -0.1) is 0 Å². The molecule has 4 nitrogen and oxygen atoms in total. The second-order valence-corrected chi connectivity index (χ2v) is 12.0. The van der Waals surface area contributed by atoms with Crippen molar-refractivity contribution in [3.05, 3.63) is 113 Å². The van der Waals surface area contributed by atoms with Crippen molar-refractivity contribution in [3.63, 3.8) is 0 Å². The van der Waals surface area contributed by atoms with Crippen LogP contribution in [0.3, 0.4) is 0 Å². The zero-order chi connectivity index (χ0) is 29.1. The van der Waals surface area contributed by atoms with Gasteiger partial charge in [-0.1, -0.05) is 82.3 Å². The van der Waals surface area contributed by atoms with E-state index in [1.807, 2.05) is 13.0 Å². The van der Waals surface area contributed by atoms with Gasteiger partial charge in [0, 0.05) is 16.5 Å². The maximum atomic E-state index is 6.55. The van der Waals surface area contributed by atoms with Gasteiger partial charge >= 0.3 is 0 Å². The summed E-state index contributed by atoms with van der Waals surface area (Å²) in [5.41, 5.74) is 12.9. The van der Waals surface area contributed by atoms with Crippen LogP contribution in [0.15, 0.2) is 95.4 Å². The molecule has 0 bridgehead atoms. The van der Waals surface area contributed by atoms with E-state index in [0.717, 1.165) is 50.0 Å². The molecule has 7 aromatic rings. The summed E-state index contributed by atoms with van der Waals surface area (Å²) in [6.45, 7) is 13.3. The molecule has 0 fully saturated rings. The fraction of sp³-hybridized carbons (Fsp3) is 0.211. The molecule has 208 valence electrons. The normalized spacial score (nSPS) is 12.0. The van der Waals surface area contributed by atoms with Crippen LogP contribution >= 0.6 is 0 Å². The van der Waals surface area contributed by atoms with E-state index in [9.17, 15) is 0 Å². The van der Waals surface area contributed by atoms with Crippen molar-refractivity contribution in [3.8, 4) is 28.2 Å². The van der Waals surface area contributed by atoms with Gasteiger partial charge in [0.15, 0.2) is 0 Å². The highest BCUT2D eigenvalue weighted by molar-refractivity contribution is 6.09. The molecule has 0 amide bonds. The smallest absolute Gasteiger partial charge is 0.227 e. The zero-order valence-corrected chi connectivity index (χ0v) is 25.1. The van der Waals surface area contributed by atoms with E-state index in [0.29, 0.717) is 17.5 Å². The quantitative estimate of drug-likeness (QED) is 0.214. The van der Waals surface area contributed by atoms with Crippen LogP contribution in [0.1, 0.15) is 61.9 Å². The van der Waals surface area contributed by atoms with Crippen LogP contribution in [0.4, 0.5) is 0 Å². The number of nitrogens with zero attached hydrogens (tertiary/aromatic N) is 3. The Labute approximate surface area is 246 Å². The van der Waals surface area contributed by atoms with Gasteiger partial charge < -0.3 is 4.42 Å². The number of imidazole rings is 1. The van der Waals surface area contributed by atoms with Gasteiger partial charge in [0.25, 0.3) is 0 Å². The lowest BCUT2D eigenvalue weighted by Crippen LogP contribution is -2.09. The van der Waals surface area contributed by atoms with Gasteiger partial charge in [0.05, 0.1) is 22.3 Å². The van der Waals surface area contributed by atoms with Gasteiger partial charge in [-0.2, -0.15) is 0 Å². The van der Waals surface area contributed by atoms with Crippen LogP contribution in [0, 0.1) is 13.8 Å². The number of hydrogen-bond acceptors (Lipinski definition) is 3. The van der Waals surface area contributed by atoms with E-state index in [1.54, 1.807) is 0 Å². The minimum atomic E-state index is 0.297. The Bertz CT molecular complexity index is 2080. The van der Waals surface area contributed by atoms with Crippen LogP contribution in [-0.2, 0) is 0 Å². The molecule has 0 saturated carbocycles. The lowest BCUT2D eigenvalue weighted by molar-refractivity contribution is 0.653. The van der Waals surface area contributed by atoms with Gasteiger partial charge in [-0.3, -0.25) is 4.57 Å². The summed E-state index contributed by atoms with van der Waals surface area (Å²) in [4.78, 5) is 10.0.